The van der Waals surface area contributed by atoms with Gasteiger partial charge in [-0.05, 0) is 58.0 Å². The van der Waals surface area contributed by atoms with Crippen LogP contribution >= 0.6 is 0 Å². The number of carbonyl (C=O) groups is 4. The second kappa shape index (κ2) is 14.6. The van der Waals surface area contributed by atoms with Crippen molar-refractivity contribution in [2.24, 2.45) is 0 Å². The van der Waals surface area contributed by atoms with E-state index in [1.165, 1.54) is 41.9 Å². The number of methoxy groups -OCH3 is 3. The van der Waals surface area contributed by atoms with Crippen molar-refractivity contribution in [3.05, 3.63) is 59.2 Å². The number of benzene rings is 2. The predicted molar refractivity (Wildman–Crippen MR) is 119 cm³/mol. The molecule has 0 N–H and O–H groups in total. The molecule has 0 aliphatic heterocycles. The molecule has 31 heavy (non-hydrogen) atoms. The lowest BCUT2D eigenvalue weighted by atomic mass is 10.0. The molecule has 0 aromatic heterocycles. The predicted octanol–water partition coefficient (Wildman–Crippen LogP) is 4.22. The molecule has 0 bridgehead atoms. The molecular weight excluding hydrogens is 400 g/mol. The van der Waals surface area contributed by atoms with Crippen LogP contribution in [0.2, 0.25) is 0 Å². The maximum atomic E-state index is 11.2. The van der Waals surface area contributed by atoms with E-state index in [1.54, 1.807) is 37.4 Å². The summed E-state index contributed by atoms with van der Waals surface area (Å²) in [5.41, 5.74) is 1.49. The van der Waals surface area contributed by atoms with Gasteiger partial charge in [0.2, 0.25) is 0 Å². The number of ketones is 4. The van der Waals surface area contributed by atoms with Crippen LogP contribution in [0.1, 0.15) is 58.8 Å². The number of carbonyl (C=O) groups excluding carboxylic acids is 4. The number of hydrogen-bond donors (Lipinski definition) is 0. The summed E-state index contributed by atoms with van der Waals surface area (Å²) in [4.78, 5) is 43.3. The largest absolute Gasteiger partial charge is 0.497 e. The van der Waals surface area contributed by atoms with Crippen molar-refractivity contribution in [2.45, 2.75) is 27.7 Å². The fourth-order valence-electron chi connectivity index (χ4n) is 2.39. The molecule has 7 nitrogen and oxygen atoms in total. The molecule has 0 heterocycles. The van der Waals surface area contributed by atoms with Crippen LogP contribution in [0, 0.1) is 0 Å². The smallest absolute Gasteiger partial charge is 0.163 e. The fraction of sp³-hybridized carbons (Fsp3) is 0.333. The summed E-state index contributed by atoms with van der Waals surface area (Å²) in [7, 11) is 4.58. The molecule has 0 amide bonds. The van der Waals surface area contributed by atoms with Gasteiger partial charge in [0.05, 0.1) is 19.8 Å². The van der Waals surface area contributed by atoms with Gasteiger partial charge in [0.1, 0.15) is 18.1 Å². The van der Waals surface area contributed by atoms with E-state index in [2.05, 4.69) is 4.74 Å². The minimum atomic E-state index is -0.130. The molecular formula is C24H30O7. The number of ether oxygens (including phenoxy) is 3. The lowest BCUT2D eigenvalue weighted by molar-refractivity contribution is -0.120. The van der Waals surface area contributed by atoms with Gasteiger partial charge >= 0.3 is 0 Å². The Kier molecular flexibility index (Phi) is 13.1. The lowest BCUT2D eigenvalue weighted by Gasteiger charge is -2.05. The molecule has 0 spiro atoms. The number of Topliss-reactive ketones (excluding diaryl/α,β-unsaturated/α-hetero) is 4. The van der Waals surface area contributed by atoms with E-state index in [0.29, 0.717) is 28.2 Å². The third-order valence-corrected chi connectivity index (χ3v) is 3.82. The summed E-state index contributed by atoms with van der Waals surface area (Å²) in [6.45, 7) is 6.12. The molecule has 0 atom stereocenters. The van der Waals surface area contributed by atoms with Crippen LogP contribution in [-0.2, 0) is 9.53 Å². The summed E-state index contributed by atoms with van der Waals surface area (Å²) >= 11 is 0. The summed E-state index contributed by atoms with van der Waals surface area (Å²) in [6, 6.07) is 12.0. The van der Waals surface area contributed by atoms with Gasteiger partial charge < -0.3 is 14.2 Å². The Bertz CT molecular complexity index is 901. The second-order valence-electron chi connectivity index (χ2n) is 6.42. The number of rotatable bonds is 7. The molecule has 0 saturated carbocycles. The molecule has 0 radical (unpaired) electrons. The van der Waals surface area contributed by atoms with Gasteiger partial charge in [0, 0.05) is 18.2 Å². The van der Waals surface area contributed by atoms with E-state index < -0.39 is 0 Å². The first-order valence-electron chi connectivity index (χ1n) is 9.41. The average molecular weight is 430 g/mol. The van der Waals surface area contributed by atoms with Gasteiger partial charge in [0.15, 0.2) is 23.1 Å². The summed E-state index contributed by atoms with van der Waals surface area (Å²) in [5.74, 6) is 1.08. The van der Waals surface area contributed by atoms with Crippen LogP contribution in [-0.4, -0.2) is 51.1 Å². The van der Waals surface area contributed by atoms with E-state index in [1.807, 2.05) is 12.1 Å². The van der Waals surface area contributed by atoms with Gasteiger partial charge in [-0.1, -0.05) is 12.1 Å². The van der Waals surface area contributed by atoms with E-state index in [-0.39, 0.29) is 29.7 Å². The molecule has 2 aromatic rings. The Morgan fingerprint density at radius 2 is 1.23 bits per heavy atom. The van der Waals surface area contributed by atoms with Crippen molar-refractivity contribution in [3.8, 4) is 11.5 Å². The van der Waals surface area contributed by atoms with Crippen LogP contribution in [0.5, 0.6) is 11.5 Å². The average Bonchev–Trinajstić information content (AvgIpc) is 2.73. The molecule has 2 rings (SSSR count). The minimum Gasteiger partial charge on any atom is -0.497 e. The van der Waals surface area contributed by atoms with E-state index >= 15 is 0 Å². The quantitative estimate of drug-likeness (QED) is 0.607. The zero-order valence-electron chi connectivity index (χ0n) is 19.1. The topological polar surface area (TPSA) is 96.0 Å². The van der Waals surface area contributed by atoms with Crippen molar-refractivity contribution >= 4 is 23.1 Å². The molecule has 168 valence electrons. The summed E-state index contributed by atoms with van der Waals surface area (Å²) < 4.78 is 14.4. The van der Waals surface area contributed by atoms with E-state index in [4.69, 9.17) is 9.47 Å². The zero-order chi connectivity index (χ0) is 24.0. The van der Waals surface area contributed by atoms with Crippen molar-refractivity contribution in [1.82, 2.24) is 0 Å². The fourth-order valence-corrected chi connectivity index (χ4v) is 2.39. The first kappa shape index (κ1) is 27.7. The summed E-state index contributed by atoms with van der Waals surface area (Å²) in [6.07, 6.45) is 0. The minimum absolute atomic E-state index is 0.0300. The van der Waals surface area contributed by atoms with Crippen LogP contribution in [0.15, 0.2) is 42.5 Å². The Balaban J connectivity index is 0.000000472. The second-order valence-corrected chi connectivity index (χ2v) is 6.42. The third-order valence-electron chi connectivity index (χ3n) is 3.82. The first-order chi connectivity index (χ1) is 14.6. The van der Waals surface area contributed by atoms with Gasteiger partial charge in [-0.15, -0.1) is 0 Å². The molecule has 2 aromatic carbocycles. The Hall–Kier alpha value is -3.32. The van der Waals surface area contributed by atoms with Crippen molar-refractivity contribution in [1.29, 1.82) is 0 Å². The van der Waals surface area contributed by atoms with Gasteiger partial charge in [-0.3, -0.25) is 19.2 Å². The molecule has 0 aliphatic carbocycles. The molecule has 0 unspecified atom stereocenters. The molecule has 0 fully saturated rings. The van der Waals surface area contributed by atoms with Gasteiger partial charge in [-0.2, -0.15) is 0 Å². The Morgan fingerprint density at radius 1 is 0.677 bits per heavy atom. The monoisotopic (exact) mass is 430 g/mol. The van der Waals surface area contributed by atoms with Crippen LogP contribution in [0.25, 0.3) is 0 Å². The molecule has 0 aliphatic rings. The van der Waals surface area contributed by atoms with E-state index in [9.17, 15) is 19.2 Å². The first-order valence-corrected chi connectivity index (χ1v) is 9.41. The zero-order valence-corrected chi connectivity index (χ0v) is 19.1. The SMILES string of the molecule is COCC(C)=O.COc1ccc(C(C)=O)c(C(C)=O)c1.COc1ccccc1C(C)=O. The van der Waals surface area contributed by atoms with Crippen LogP contribution in [0.3, 0.4) is 0 Å². The maximum absolute atomic E-state index is 11.2. The van der Waals surface area contributed by atoms with Gasteiger partial charge in [0.25, 0.3) is 0 Å². The molecule has 0 saturated heterocycles. The van der Waals surface area contributed by atoms with Crippen molar-refractivity contribution < 1.29 is 33.4 Å². The highest BCUT2D eigenvalue weighted by atomic mass is 16.5. The van der Waals surface area contributed by atoms with E-state index in [0.717, 1.165) is 0 Å². The van der Waals surface area contributed by atoms with Crippen molar-refractivity contribution in [3.63, 3.8) is 0 Å². The highest BCUT2D eigenvalue weighted by molar-refractivity contribution is 6.07. The molecule has 7 heteroatoms. The summed E-state index contributed by atoms with van der Waals surface area (Å²) in [5, 5.41) is 0. The third kappa shape index (κ3) is 10.3. The highest BCUT2D eigenvalue weighted by Crippen LogP contribution is 2.19. The Morgan fingerprint density at radius 3 is 1.58 bits per heavy atom. The highest BCUT2D eigenvalue weighted by Gasteiger charge is 2.11. The van der Waals surface area contributed by atoms with Gasteiger partial charge in [-0.25, -0.2) is 0 Å². The standard InChI is InChI=1S/C11H12O3.C9H10O2.C4H8O2/c1-7(12)10-5-4-9(14-3)6-11(10)8(2)13;1-7(10)8-5-3-4-6-9(8)11-2;1-4(5)3-6-2/h4-6H,1-3H3;3-6H,1-2H3;3H2,1-2H3. The normalized spacial score (nSPS) is 9.26. The van der Waals surface area contributed by atoms with Crippen LogP contribution < -0.4 is 9.47 Å². The van der Waals surface area contributed by atoms with Crippen LogP contribution in [0.4, 0.5) is 0 Å². The number of hydrogen-bond acceptors (Lipinski definition) is 7. The maximum Gasteiger partial charge on any atom is 0.163 e. The number of para-hydroxylation sites is 1. The lowest BCUT2D eigenvalue weighted by Crippen LogP contribution is -2.04. The van der Waals surface area contributed by atoms with Crippen molar-refractivity contribution in [2.75, 3.05) is 27.9 Å². The Labute approximate surface area is 183 Å².